The van der Waals surface area contributed by atoms with Crippen molar-refractivity contribution >= 4 is 15.8 Å². The Morgan fingerprint density at radius 2 is 1.68 bits per heavy atom. The van der Waals surface area contributed by atoms with Gasteiger partial charge in [-0.1, -0.05) is 26.8 Å². The Bertz CT molecular complexity index is 608. The first-order valence-corrected chi connectivity index (χ1v) is 9.55. The minimum atomic E-state index is -3.17. The lowest BCUT2D eigenvalue weighted by Crippen LogP contribution is -2.58. The molecule has 2 rings (SSSR count). The van der Waals surface area contributed by atoms with Crippen molar-refractivity contribution in [2.45, 2.75) is 52.1 Å². The fourth-order valence-corrected chi connectivity index (χ4v) is 4.61. The van der Waals surface area contributed by atoms with E-state index in [4.69, 9.17) is 0 Å². The van der Waals surface area contributed by atoms with Crippen LogP contribution in [-0.2, 0) is 15.4 Å². The molecule has 6 heteroatoms. The van der Waals surface area contributed by atoms with Crippen LogP contribution in [0.25, 0.3) is 0 Å². The number of rotatable bonds is 2. The second kappa shape index (κ2) is 5.81. The smallest absolute Gasteiger partial charge is 0.211 e. The molecular weight excluding hydrogens is 298 g/mol. The Hall–Kier alpha value is -1.14. The Labute approximate surface area is 134 Å². The van der Waals surface area contributed by atoms with E-state index in [2.05, 4.69) is 36.7 Å². The van der Waals surface area contributed by atoms with E-state index in [0.29, 0.717) is 13.1 Å². The van der Waals surface area contributed by atoms with Gasteiger partial charge in [0.2, 0.25) is 10.0 Å². The predicted molar refractivity (Wildman–Crippen MR) is 90.8 cm³/mol. The third-order valence-corrected chi connectivity index (χ3v) is 5.64. The predicted octanol–water partition coefficient (Wildman–Crippen LogP) is 2.24. The van der Waals surface area contributed by atoms with Gasteiger partial charge in [0.25, 0.3) is 0 Å². The molecule has 1 aliphatic heterocycles. The monoisotopic (exact) mass is 325 g/mol. The van der Waals surface area contributed by atoms with E-state index >= 15 is 0 Å². The molecule has 0 unspecified atom stereocenters. The molecule has 1 saturated heterocycles. The van der Waals surface area contributed by atoms with Crippen LogP contribution < -0.4 is 4.90 Å². The van der Waals surface area contributed by atoms with Gasteiger partial charge in [-0.15, -0.1) is 0 Å². The van der Waals surface area contributed by atoms with Crippen LogP contribution >= 0.6 is 0 Å². The molecule has 0 radical (unpaired) electrons. The fourth-order valence-electron chi connectivity index (χ4n) is 3.17. The molecule has 0 bridgehead atoms. The molecule has 1 aromatic heterocycles. The second-order valence-electron chi connectivity index (χ2n) is 7.35. The van der Waals surface area contributed by atoms with E-state index in [-0.39, 0.29) is 17.5 Å². The van der Waals surface area contributed by atoms with Gasteiger partial charge in [0.1, 0.15) is 5.82 Å². The molecule has 0 aromatic carbocycles. The van der Waals surface area contributed by atoms with Crippen LogP contribution in [0.1, 0.15) is 40.2 Å². The molecule has 1 aromatic rings. The first-order valence-electron chi connectivity index (χ1n) is 7.70. The Kier molecular flexibility index (Phi) is 4.55. The molecular formula is C16H27N3O2S. The molecule has 2 heterocycles. The van der Waals surface area contributed by atoms with Crippen LogP contribution in [-0.4, -0.2) is 49.1 Å². The maximum absolute atomic E-state index is 11.9. The highest BCUT2D eigenvalue weighted by molar-refractivity contribution is 7.88. The lowest BCUT2D eigenvalue weighted by Gasteiger charge is -2.43. The van der Waals surface area contributed by atoms with E-state index in [1.165, 1.54) is 11.8 Å². The number of pyridine rings is 1. The van der Waals surface area contributed by atoms with E-state index in [1.807, 2.05) is 26.1 Å². The molecule has 2 atom stereocenters. The number of hydrogen-bond donors (Lipinski definition) is 0. The first-order chi connectivity index (χ1) is 10.00. The summed E-state index contributed by atoms with van der Waals surface area (Å²) in [5.41, 5.74) is 1.29. The van der Waals surface area contributed by atoms with Gasteiger partial charge in [-0.05, 0) is 30.9 Å². The summed E-state index contributed by atoms with van der Waals surface area (Å²) in [5.74, 6) is 0.917. The summed E-state index contributed by atoms with van der Waals surface area (Å²) in [6.07, 6.45) is 3.21. The maximum Gasteiger partial charge on any atom is 0.211 e. The van der Waals surface area contributed by atoms with E-state index < -0.39 is 10.0 Å². The van der Waals surface area contributed by atoms with Crippen molar-refractivity contribution in [1.82, 2.24) is 9.29 Å². The average Bonchev–Trinajstić information content (AvgIpc) is 2.35. The normalized spacial score (nSPS) is 24.5. The van der Waals surface area contributed by atoms with E-state index in [1.54, 1.807) is 4.31 Å². The van der Waals surface area contributed by atoms with Crippen molar-refractivity contribution in [1.29, 1.82) is 0 Å². The van der Waals surface area contributed by atoms with Gasteiger partial charge < -0.3 is 4.90 Å². The molecule has 0 aliphatic carbocycles. The van der Waals surface area contributed by atoms with Gasteiger partial charge in [-0.2, -0.15) is 4.31 Å². The van der Waals surface area contributed by atoms with Gasteiger partial charge in [0.05, 0.1) is 6.26 Å². The fraction of sp³-hybridized carbons (Fsp3) is 0.688. The van der Waals surface area contributed by atoms with Crippen LogP contribution in [0.2, 0.25) is 0 Å². The summed E-state index contributed by atoms with van der Waals surface area (Å²) in [4.78, 5) is 6.75. The van der Waals surface area contributed by atoms with Crippen molar-refractivity contribution < 1.29 is 8.42 Å². The van der Waals surface area contributed by atoms with Crippen molar-refractivity contribution in [2.24, 2.45) is 0 Å². The highest BCUT2D eigenvalue weighted by Crippen LogP contribution is 2.26. The van der Waals surface area contributed by atoms with Crippen LogP contribution in [0.3, 0.4) is 0 Å². The number of anilines is 1. The summed E-state index contributed by atoms with van der Waals surface area (Å²) in [6, 6.07) is 4.04. The zero-order valence-corrected chi connectivity index (χ0v) is 15.2. The molecule has 0 spiro atoms. The molecule has 0 N–H and O–H groups in total. The molecule has 124 valence electrons. The maximum atomic E-state index is 11.9. The number of hydrogen-bond acceptors (Lipinski definition) is 4. The van der Waals surface area contributed by atoms with Gasteiger partial charge in [0.15, 0.2) is 0 Å². The van der Waals surface area contributed by atoms with Gasteiger partial charge in [-0.3, -0.25) is 0 Å². The number of nitrogens with zero attached hydrogens (tertiary/aromatic N) is 3. The summed E-state index contributed by atoms with van der Waals surface area (Å²) >= 11 is 0. The first kappa shape index (κ1) is 17.2. The van der Waals surface area contributed by atoms with Gasteiger partial charge in [0, 0.05) is 31.4 Å². The summed E-state index contributed by atoms with van der Waals surface area (Å²) in [5, 5.41) is 0. The van der Waals surface area contributed by atoms with Crippen molar-refractivity contribution in [3.8, 4) is 0 Å². The molecule has 1 aliphatic rings. The molecule has 5 nitrogen and oxygen atoms in total. The van der Waals surface area contributed by atoms with Crippen LogP contribution in [0.5, 0.6) is 0 Å². The molecule has 0 amide bonds. The standard InChI is InChI=1S/C16H27N3O2S/c1-12-10-18(11-13(2)19(12)22(6,20)21)15-8-7-14(9-17-15)16(3,4)5/h7-9,12-13H,10-11H2,1-6H3/t12-,13+. The molecule has 22 heavy (non-hydrogen) atoms. The Morgan fingerprint density at radius 3 is 2.05 bits per heavy atom. The van der Waals surface area contributed by atoms with Crippen LogP contribution in [0.15, 0.2) is 18.3 Å². The minimum absolute atomic E-state index is 0.0529. The minimum Gasteiger partial charge on any atom is -0.353 e. The van der Waals surface area contributed by atoms with Crippen LogP contribution in [0.4, 0.5) is 5.82 Å². The number of sulfonamides is 1. The summed E-state index contributed by atoms with van der Waals surface area (Å²) in [6.45, 7) is 11.7. The molecule has 1 fully saturated rings. The van der Waals surface area contributed by atoms with Crippen molar-refractivity contribution in [3.05, 3.63) is 23.9 Å². The molecule has 0 saturated carbocycles. The van der Waals surface area contributed by atoms with Gasteiger partial charge in [-0.25, -0.2) is 13.4 Å². The quantitative estimate of drug-likeness (QED) is 0.837. The lowest BCUT2D eigenvalue weighted by atomic mass is 9.88. The third kappa shape index (κ3) is 3.60. The second-order valence-corrected chi connectivity index (χ2v) is 9.24. The zero-order chi connectivity index (χ0) is 16.7. The van der Waals surface area contributed by atoms with E-state index in [9.17, 15) is 8.42 Å². The van der Waals surface area contributed by atoms with E-state index in [0.717, 1.165) is 5.82 Å². The third-order valence-electron chi connectivity index (χ3n) is 4.16. The largest absolute Gasteiger partial charge is 0.353 e. The summed E-state index contributed by atoms with van der Waals surface area (Å²) < 4.78 is 25.4. The number of aromatic nitrogens is 1. The lowest BCUT2D eigenvalue weighted by molar-refractivity contribution is 0.242. The summed E-state index contributed by atoms with van der Waals surface area (Å²) in [7, 11) is -3.17. The van der Waals surface area contributed by atoms with Crippen molar-refractivity contribution in [3.63, 3.8) is 0 Å². The number of piperazine rings is 1. The SMILES string of the molecule is C[C@@H]1CN(c2ccc(C(C)(C)C)cn2)C[C@H](C)N1S(C)(=O)=O. The van der Waals surface area contributed by atoms with Gasteiger partial charge >= 0.3 is 0 Å². The van der Waals surface area contributed by atoms with Crippen LogP contribution in [0, 0.1) is 0 Å². The highest BCUT2D eigenvalue weighted by atomic mass is 32.2. The topological polar surface area (TPSA) is 53.5 Å². The van der Waals surface area contributed by atoms with Crippen molar-refractivity contribution in [2.75, 3.05) is 24.2 Å². The zero-order valence-electron chi connectivity index (χ0n) is 14.4. The highest BCUT2D eigenvalue weighted by Gasteiger charge is 2.35. The Balaban J connectivity index is 2.19. The average molecular weight is 325 g/mol. The Morgan fingerprint density at radius 1 is 1.14 bits per heavy atom.